The van der Waals surface area contributed by atoms with Crippen LogP contribution in [0.2, 0.25) is 0 Å². The number of fused-ring (bicyclic) bond motifs is 8. The van der Waals surface area contributed by atoms with Gasteiger partial charge in [0.25, 0.3) is 0 Å². The number of nitrogens with zero attached hydrogens (tertiary/aromatic N) is 1. The highest BCUT2D eigenvalue weighted by atomic mass is 32.2. The van der Waals surface area contributed by atoms with Gasteiger partial charge in [0.1, 0.15) is 5.60 Å². The summed E-state index contributed by atoms with van der Waals surface area (Å²) < 4.78 is 5.58. The SMILES string of the molecule is CC(C)(C)OC(=O)N1[C@@H]2c3ccccc3[C@H]1[C@@H]1S[C@@H]12. The van der Waals surface area contributed by atoms with Crippen LogP contribution in [-0.2, 0) is 4.74 Å². The first-order chi connectivity index (χ1) is 8.97. The molecule has 3 aliphatic rings. The van der Waals surface area contributed by atoms with Crippen LogP contribution in [0.4, 0.5) is 4.79 Å². The molecule has 2 fully saturated rings. The van der Waals surface area contributed by atoms with E-state index in [0.717, 1.165) is 0 Å². The van der Waals surface area contributed by atoms with Crippen LogP contribution < -0.4 is 0 Å². The van der Waals surface area contributed by atoms with E-state index in [9.17, 15) is 4.79 Å². The number of benzene rings is 1. The lowest BCUT2D eigenvalue weighted by Gasteiger charge is -2.29. The molecule has 0 radical (unpaired) electrons. The smallest absolute Gasteiger partial charge is 0.411 e. The van der Waals surface area contributed by atoms with Gasteiger partial charge in [-0.3, -0.25) is 4.90 Å². The maximum atomic E-state index is 12.5. The van der Waals surface area contributed by atoms with Crippen LogP contribution in [0.1, 0.15) is 44.0 Å². The second-order valence-corrected chi connectivity index (χ2v) is 7.83. The molecule has 4 rings (SSSR count). The van der Waals surface area contributed by atoms with E-state index < -0.39 is 5.60 Å². The second-order valence-electron chi connectivity index (χ2n) is 6.47. The van der Waals surface area contributed by atoms with Gasteiger partial charge in [0, 0.05) is 10.5 Å². The molecule has 4 heteroatoms. The van der Waals surface area contributed by atoms with Gasteiger partial charge in [-0.2, -0.15) is 0 Å². The molecule has 19 heavy (non-hydrogen) atoms. The summed E-state index contributed by atoms with van der Waals surface area (Å²) in [7, 11) is 0. The lowest BCUT2D eigenvalue weighted by atomic mass is 9.92. The molecule has 3 nitrogen and oxygen atoms in total. The third-order valence-electron chi connectivity index (χ3n) is 4.02. The van der Waals surface area contributed by atoms with E-state index in [-0.39, 0.29) is 18.2 Å². The number of rotatable bonds is 0. The largest absolute Gasteiger partial charge is 0.444 e. The first-order valence-electron chi connectivity index (χ1n) is 6.73. The summed E-state index contributed by atoms with van der Waals surface area (Å²) in [6, 6.07) is 8.90. The van der Waals surface area contributed by atoms with E-state index >= 15 is 0 Å². The Labute approximate surface area is 117 Å². The minimum Gasteiger partial charge on any atom is -0.444 e. The topological polar surface area (TPSA) is 29.5 Å². The summed E-state index contributed by atoms with van der Waals surface area (Å²) in [5.74, 6) is 0. The van der Waals surface area contributed by atoms with E-state index in [4.69, 9.17) is 4.74 Å². The zero-order valence-electron chi connectivity index (χ0n) is 11.3. The molecule has 1 aromatic rings. The van der Waals surface area contributed by atoms with Crippen molar-refractivity contribution in [2.24, 2.45) is 0 Å². The lowest BCUT2D eigenvalue weighted by molar-refractivity contribution is 0.0176. The summed E-state index contributed by atoms with van der Waals surface area (Å²) >= 11 is 2.00. The summed E-state index contributed by atoms with van der Waals surface area (Å²) in [4.78, 5) is 14.4. The number of amides is 1. The van der Waals surface area contributed by atoms with Crippen LogP contribution in [0.3, 0.4) is 0 Å². The van der Waals surface area contributed by atoms with Crippen molar-refractivity contribution in [3.8, 4) is 0 Å². The highest BCUT2D eigenvalue weighted by Crippen LogP contribution is 2.70. The van der Waals surface area contributed by atoms with E-state index in [1.165, 1.54) is 11.1 Å². The van der Waals surface area contributed by atoms with Gasteiger partial charge in [0.05, 0.1) is 12.1 Å². The van der Waals surface area contributed by atoms with Crippen LogP contribution in [0.5, 0.6) is 0 Å². The summed E-state index contributed by atoms with van der Waals surface area (Å²) in [6.07, 6.45) is -0.161. The fourth-order valence-electron chi connectivity index (χ4n) is 3.38. The Bertz CT molecular complexity index is 531. The van der Waals surface area contributed by atoms with Crippen molar-refractivity contribution in [2.75, 3.05) is 0 Å². The molecule has 0 unspecified atom stereocenters. The van der Waals surface area contributed by atoms with Gasteiger partial charge in [-0.25, -0.2) is 4.79 Å². The number of hydrogen-bond acceptors (Lipinski definition) is 3. The summed E-state index contributed by atoms with van der Waals surface area (Å²) in [6.45, 7) is 5.77. The van der Waals surface area contributed by atoms with Gasteiger partial charge in [-0.15, -0.1) is 11.8 Å². The van der Waals surface area contributed by atoms with Gasteiger partial charge >= 0.3 is 6.09 Å². The first kappa shape index (κ1) is 11.6. The maximum absolute atomic E-state index is 12.5. The quantitative estimate of drug-likeness (QED) is 0.678. The monoisotopic (exact) mass is 275 g/mol. The Hall–Kier alpha value is -1.16. The van der Waals surface area contributed by atoms with Crippen molar-refractivity contribution in [1.29, 1.82) is 0 Å². The minimum atomic E-state index is -0.428. The zero-order valence-corrected chi connectivity index (χ0v) is 12.1. The third kappa shape index (κ3) is 1.55. The van der Waals surface area contributed by atoms with E-state index in [1.54, 1.807) is 0 Å². The summed E-state index contributed by atoms with van der Waals surface area (Å²) in [5, 5.41) is 1.18. The average molecular weight is 275 g/mol. The molecule has 0 aliphatic carbocycles. The number of carbonyl (C=O) groups is 1. The fourth-order valence-corrected chi connectivity index (χ4v) is 4.80. The molecular formula is C15H17NO2S. The molecule has 2 saturated heterocycles. The molecule has 1 aromatic carbocycles. The standard InChI is InChI=1S/C15H17NO2S/c1-15(2,3)18-14(17)16-10-8-6-4-5-7-9(8)11(16)13-12(10)19-13/h4-7,10-13H,1-3H3/t10-,11+,12-,13+. The number of ether oxygens (including phenoxy) is 1. The molecule has 2 bridgehead atoms. The van der Waals surface area contributed by atoms with Gasteiger partial charge < -0.3 is 4.74 Å². The lowest BCUT2D eigenvalue weighted by Crippen LogP contribution is -2.36. The van der Waals surface area contributed by atoms with Gasteiger partial charge in [-0.1, -0.05) is 24.3 Å². The van der Waals surface area contributed by atoms with E-state index in [1.807, 2.05) is 37.4 Å². The average Bonchev–Trinajstić information content (AvgIpc) is 2.95. The molecule has 100 valence electrons. The van der Waals surface area contributed by atoms with Crippen LogP contribution in [0.15, 0.2) is 24.3 Å². The molecule has 0 aromatic heterocycles. The van der Waals surface area contributed by atoms with E-state index in [0.29, 0.717) is 10.5 Å². The van der Waals surface area contributed by atoms with Crippen molar-refractivity contribution >= 4 is 17.9 Å². The highest BCUT2D eigenvalue weighted by Gasteiger charge is 2.67. The van der Waals surface area contributed by atoms with Crippen molar-refractivity contribution in [3.05, 3.63) is 35.4 Å². The van der Waals surface area contributed by atoms with E-state index in [2.05, 4.69) is 24.3 Å². The Balaban J connectivity index is 1.69. The van der Waals surface area contributed by atoms with Crippen molar-refractivity contribution < 1.29 is 9.53 Å². The highest BCUT2D eigenvalue weighted by molar-refractivity contribution is 8.07. The Morgan fingerprint density at radius 1 is 1.16 bits per heavy atom. The first-order valence-corrected chi connectivity index (χ1v) is 7.67. The molecule has 3 aliphatic heterocycles. The number of thioether (sulfide) groups is 1. The van der Waals surface area contributed by atoms with Gasteiger partial charge in [-0.05, 0) is 31.9 Å². The van der Waals surface area contributed by atoms with Crippen LogP contribution in [-0.4, -0.2) is 27.1 Å². The van der Waals surface area contributed by atoms with Crippen LogP contribution in [0, 0.1) is 0 Å². The van der Waals surface area contributed by atoms with Crippen LogP contribution in [0.25, 0.3) is 0 Å². The van der Waals surface area contributed by atoms with Crippen LogP contribution >= 0.6 is 11.8 Å². The predicted molar refractivity (Wildman–Crippen MR) is 75.2 cm³/mol. The Morgan fingerprint density at radius 3 is 2.16 bits per heavy atom. The zero-order chi connectivity index (χ0) is 13.4. The van der Waals surface area contributed by atoms with Crippen molar-refractivity contribution in [1.82, 2.24) is 4.90 Å². The minimum absolute atomic E-state index is 0.161. The summed E-state index contributed by atoms with van der Waals surface area (Å²) in [5.41, 5.74) is 2.22. The Morgan fingerprint density at radius 2 is 1.68 bits per heavy atom. The number of hydrogen-bond donors (Lipinski definition) is 0. The van der Waals surface area contributed by atoms with Crippen molar-refractivity contribution in [3.63, 3.8) is 0 Å². The normalized spacial score (nSPS) is 33.9. The molecule has 3 heterocycles. The Kier molecular flexibility index (Phi) is 2.13. The molecule has 0 saturated carbocycles. The predicted octanol–water partition coefficient (Wildman–Crippen LogP) is 3.52. The third-order valence-corrected chi connectivity index (χ3v) is 5.44. The number of carbonyl (C=O) groups excluding carboxylic acids is 1. The second kappa shape index (κ2) is 3.48. The molecule has 1 amide bonds. The molecule has 4 atom stereocenters. The van der Waals surface area contributed by atoms with Crippen molar-refractivity contribution in [2.45, 2.75) is 49.0 Å². The van der Waals surface area contributed by atoms with Gasteiger partial charge in [0.15, 0.2) is 0 Å². The maximum Gasteiger partial charge on any atom is 0.411 e. The molecular weight excluding hydrogens is 258 g/mol. The fraction of sp³-hybridized carbons (Fsp3) is 0.533. The van der Waals surface area contributed by atoms with Gasteiger partial charge in [0.2, 0.25) is 0 Å². The molecule has 0 N–H and O–H groups in total. The molecule has 0 spiro atoms.